The van der Waals surface area contributed by atoms with Gasteiger partial charge in [-0.1, -0.05) is 54.1 Å². The Kier molecular flexibility index (Phi) is 5.70. The van der Waals surface area contributed by atoms with Crippen LogP contribution >= 0.6 is 0 Å². The van der Waals surface area contributed by atoms with Gasteiger partial charge in [-0.2, -0.15) is 0 Å². The van der Waals surface area contributed by atoms with Gasteiger partial charge in [0.1, 0.15) is 0 Å². The number of aryl methyl sites for hydroxylation is 2. The van der Waals surface area contributed by atoms with Crippen molar-refractivity contribution in [1.29, 1.82) is 0 Å². The first-order valence-corrected chi connectivity index (χ1v) is 9.10. The summed E-state index contributed by atoms with van der Waals surface area (Å²) in [5, 5.41) is 3.65. The molecule has 0 aromatic heterocycles. The van der Waals surface area contributed by atoms with Crippen molar-refractivity contribution < 1.29 is 4.74 Å². The van der Waals surface area contributed by atoms with E-state index in [0.29, 0.717) is 0 Å². The van der Waals surface area contributed by atoms with E-state index in [2.05, 4.69) is 67.7 Å². The summed E-state index contributed by atoms with van der Waals surface area (Å²) in [4.78, 5) is 0. The number of ether oxygens (including phenoxy) is 1. The second kappa shape index (κ2) is 7.96. The SMILES string of the molecule is Cc1ccc(C2(CCNCc3ccccc3C)CCOCC2)cc1. The number of hydrogen-bond acceptors (Lipinski definition) is 2. The molecule has 2 nitrogen and oxygen atoms in total. The lowest BCUT2D eigenvalue weighted by atomic mass is 9.71. The number of hydrogen-bond donors (Lipinski definition) is 1. The highest BCUT2D eigenvalue weighted by molar-refractivity contribution is 5.29. The van der Waals surface area contributed by atoms with Gasteiger partial charge in [-0.15, -0.1) is 0 Å². The molecular weight excluding hydrogens is 294 g/mol. The molecule has 2 heteroatoms. The predicted octanol–water partition coefficient (Wildman–Crippen LogP) is 4.53. The summed E-state index contributed by atoms with van der Waals surface area (Å²) in [7, 11) is 0. The summed E-state index contributed by atoms with van der Waals surface area (Å²) in [6.07, 6.45) is 3.43. The number of nitrogens with one attached hydrogen (secondary N) is 1. The summed E-state index contributed by atoms with van der Waals surface area (Å²) < 4.78 is 5.64. The van der Waals surface area contributed by atoms with Crippen LogP contribution in [0.1, 0.15) is 41.5 Å². The highest BCUT2D eigenvalue weighted by atomic mass is 16.5. The van der Waals surface area contributed by atoms with E-state index in [4.69, 9.17) is 4.74 Å². The Hall–Kier alpha value is -1.64. The minimum Gasteiger partial charge on any atom is -0.381 e. The van der Waals surface area contributed by atoms with Gasteiger partial charge in [0.25, 0.3) is 0 Å². The van der Waals surface area contributed by atoms with E-state index in [1.165, 1.54) is 28.7 Å². The fourth-order valence-corrected chi connectivity index (χ4v) is 3.71. The molecule has 0 aliphatic carbocycles. The van der Waals surface area contributed by atoms with Crippen LogP contribution in [0.15, 0.2) is 48.5 Å². The van der Waals surface area contributed by atoms with Crippen molar-refractivity contribution >= 4 is 0 Å². The summed E-state index contributed by atoms with van der Waals surface area (Å²) in [5.74, 6) is 0. The van der Waals surface area contributed by atoms with E-state index < -0.39 is 0 Å². The highest BCUT2D eigenvalue weighted by Crippen LogP contribution is 2.37. The van der Waals surface area contributed by atoms with E-state index in [1.54, 1.807) is 0 Å². The second-order valence-corrected chi connectivity index (χ2v) is 7.11. The second-order valence-electron chi connectivity index (χ2n) is 7.11. The smallest absolute Gasteiger partial charge is 0.0474 e. The minimum atomic E-state index is 0.269. The molecule has 24 heavy (non-hydrogen) atoms. The molecule has 0 atom stereocenters. The van der Waals surface area contributed by atoms with Gasteiger partial charge in [-0.05, 0) is 56.3 Å². The average molecular weight is 323 g/mol. The molecule has 1 N–H and O–H groups in total. The molecular formula is C22H29NO. The lowest BCUT2D eigenvalue weighted by Gasteiger charge is -2.38. The molecule has 1 fully saturated rings. The zero-order valence-electron chi connectivity index (χ0n) is 15.0. The number of benzene rings is 2. The van der Waals surface area contributed by atoms with Crippen LogP contribution in [0.5, 0.6) is 0 Å². The van der Waals surface area contributed by atoms with Gasteiger partial charge in [0.2, 0.25) is 0 Å². The lowest BCUT2D eigenvalue weighted by Crippen LogP contribution is -2.36. The van der Waals surface area contributed by atoms with Crippen molar-refractivity contribution in [3.63, 3.8) is 0 Å². The Morgan fingerprint density at radius 1 is 0.958 bits per heavy atom. The molecule has 0 spiro atoms. The van der Waals surface area contributed by atoms with Crippen LogP contribution < -0.4 is 5.32 Å². The molecule has 1 heterocycles. The molecule has 0 amide bonds. The van der Waals surface area contributed by atoms with Crippen LogP contribution in [0.25, 0.3) is 0 Å². The third-order valence-electron chi connectivity index (χ3n) is 5.47. The third kappa shape index (κ3) is 4.06. The van der Waals surface area contributed by atoms with Crippen LogP contribution in [-0.4, -0.2) is 19.8 Å². The highest BCUT2D eigenvalue weighted by Gasteiger charge is 2.33. The zero-order valence-corrected chi connectivity index (χ0v) is 15.0. The van der Waals surface area contributed by atoms with E-state index in [0.717, 1.165) is 39.1 Å². The van der Waals surface area contributed by atoms with E-state index in [9.17, 15) is 0 Å². The fourth-order valence-electron chi connectivity index (χ4n) is 3.71. The molecule has 3 rings (SSSR count). The maximum atomic E-state index is 5.64. The summed E-state index contributed by atoms with van der Waals surface area (Å²) in [5.41, 5.74) is 5.84. The Morgan fingerprint density at radius 2 is 1.67 bits per heavy atom. The first-order chi connectivity index (χ1) is 11.7. The van der Waals surface area contributed by atoms with Crippen molar-refractivity contribution in [1.82, 2.24) is 5.32 Å². The van der Waals surface area contributed by atoms with Gasteiger partial charge in [0, 0.05) is 25.2 Å². The molecule has 0 unspecified atom stereocenters. The van der Waals surface area contributed by atoms with Crippen LogP contribution in [0.2, 0.25) is 0 Å². The molecule has 2 aromatic rings. The van der Waals surface area contributed by atoms with Crippen molar-refractivity contribution in [3.05, 3.63) is 70.8 Å². The third-order valence-corrected chi connectivity index (χ3v) is 5.47. The number of rotatable bonds is 6. The van der Waals surface area contributed by atoms with Gasteiger partial charge in [-0.3, -0.25) is 0 Å². The Balaban J connectivity index is 1.62. The van der Waals surface area contributed by atoms with Crippen molar-refractivity contribution in [2.24, 2.45) is 0 Å². The first kappa shape index (κ1) is 17.2. The molecule has 128 valence electrons. The molecule has 0 saturated carbocycles. The van der Waals surface area contributed by atoms with Gasteiger partial charge < -0.3 is 10.1 Å². The van der Waals surface area contributed by atoms with Gasteiger partial charge in [-0.25, -0.2) is 0 Å². The molecule has 1 saturated heterocycles. The maximum Gasteiger partial charge on any atom is 0.0474 e. The van der Waals surface area contributed by atoms with Crippen LogP contribution in [0.4, 0.5) is 0 Å². The maximum absolute atomic E-state index is 5.64. The van der Waals surface area contributed by atoms with Gasteiger partial charge >= 0.3 is 0 Å². The molecule has 2 aromatic carbocycles. The molecule has 0 radical (unpaired) electrons. The molecule has 0 bridgehead atoms. The van der Waals surface area contributed by atoms with Crippen LogP contribution in [0.3, 0.4) is 0 Å². The van der Waals surface area contributed by atoms with E-state index in [-0.39, 0.29) is 5.41 Å². The van der Waals surface area contributed by atoms with Crippen molar-refractivity contribution in [2.75, 3.05) is 19.8 Å². The van der Waals surface area contributed by atoms with Gasteiger partial charge in [0.15, 0.2) is 0 Å². The standard InChI is InChI=1S/C22H29NO/c1-18-7-9-21(10-8-18)22(12-15-24-16-13-22)11-14-23-17-20-6-4-3-5-19(20)2/h3-10,23H,11-17H2,1-2H3. The van der Waals surface area contributed by atoms with E-state index in [1.807, 2.05) is 0 Å². The van der Waals surface area contributed by atoms with Crippen molar-refractivity contribution in [2.45, 2.75) is 45.1 Å². The molecule has 1 aliphatic heterocycles. The molecule has 1 aliphatic rings. The Morgan fingerprint density at radius 3 is 2.38 bits per heavy atom. The summed E-state index contributed by atoms with van der Waals surface area (Å²) in [6.45, 7) is 8.10. The Bertz CT molecular complexity index is 641. The Labute approximate surface area is 146 Å². The zero-order chi connectivity index (χ0) is 16.8. The van der Waals surface area contributed by atoms with Crippen LogP contribution in [-0.2, 0) is 16.7 Å². The topological polar surface area (TPSA) is 21.3 Å². The minimum absolute atomic E-state index is 0.269. The first-order valence-electron chi connectivity index (χ1n) is 9.10. The summed E-state index contributed by atoms with van der Waals surface area (Å²) in [6, 6.07) is 17.8. The van der Waals surface area contributed by atoms with E-state index >= 15 is 0 Å². The lowest BCUT2D eigenvalue weighted by molar-refractivity contribution is 0.0468. The summed E-state index contributed by atoms with van der Waals surface area (Å²) >= 11 is 0. The largest absolute Gasteiger partial charge is 0.381 e. The van der Waals surface area contributed by atoms with Crippen molar-refractivity contribution in [3.8, 4) is 0 Å². The monoisotopic (exact) mass is 323 g/mol. The predicted molar refractivity (Wildman–Crippen MR) is 100 cm³/mol. The van der Waals surface area contributed by atoms with Crippen LogP contribution in [0, 0.1) is 13.8 Å². The quantitative estimate of drug-likeness (QED) is 0.789. The normalized spacial score (nSPS) is 16.9. The van der Waals surface area contributed by atoms with Gasteiger partial charge in [0.05, 0.1) is 0 Å². The average Bonchev–Trinajstić information content (AvgIpc) is 2.61. The fraction of sp³-hybridized carbons (Fsp3) is 0.455.